The average molecular weight is 312 g/mol. The van der Waals surface area contributed by atoms with Crippen LogP contribution in [0.4, 0.5) is 0 Å². The number of rotatable bonds is 5. The molecule has 4 heteroatoms. The highest BCUT2D eigenvalue weighted by Crippen LogP contribution is 2.22. The lowest BCUT2D eigenvalue weighted by Crippen LogP contribution is -2.40. The summed E-state index contributed by atoms with van der Waals surface area (Å²) < 4.78 is 0. The molecule has 0 aromatic rings. The standard InChI is InChI=1S/C12H23N.C6H13NO2/c1-3-7-11(8-4-1)13-12-9-5-2-6-10-12;1-4(2)3-5(7)6(8)9/h11-13H,1-10H2;4-5H,3,7H2,1-2H3,(H,8,9)/t;5-/m.0/s1. The number of carboxylic acids is 1. The second-order valence-electron chi connectivity index (χ2n) is 7.41. The maximum Gasteiger partial charge on any atom is 0.320 e. The molecule has 0 aromatic carbocycles. The van der Waals surface area contributed by atoms with E-state index in [9.17, 15) is 4.79 Å². The predicted molar refractivity (Wildman–Crippen MR) is 91.9 cm³/mol. The van der Waals surface area contributed by atoms with Crippen LogP contribution in [0.25, 0.3) is 0 Å². The largest absolute Gasteiger partial charge is 0.480 e. The van der Waals surface area contributed by atoms with E-state index in [-0.39, 0.29) is 0 Å². The maximum absolute atomic E-state index is 10.1. The van der Waals surface area contributed by atoms with E-state index in [0.717, 1.165) is 12.1 Å². The highest BCUT2D eigenvalue weighted by molar-refractivity contribution is 5.72. The molecule has 0 amide bonds. The summed E-state index contributed by atoms with van der Waals surface area (Å²) in [6.45, 7) is 3.89. The third kappa shape index (κ3) is 8.74. The first-order chi connectivity index (χ1) is 10.5. The summed E-state index contributed by atoms with van der Waals surface area (Å²) in [4.78, 5) is 10.1. The Labute approximate surface area is 136 Å². The van der Waals surface area contributed by atoms with Crippen LogP contribution in [0.2, 0.25) is 0 Å². The van der Waals surface area contributed by atoms with Gasteiger partial charge in [-0.05, 0) is 38.0 Å². The van der Waals surface area contributed by atoms with Crippen LogP contribution in [0.15, 0.2) is 0 Å². The van der Waals surface area contributed by atoms with Crippen molar-refractivity contribution in [2.24, 2.45) is 11.7 Å². The third-order valence-corrected chi connectivity index (χ3v) is 4.72. The Kier molecular flexibility index (Phi) is 9.73. The minimum absolute atomic E-state index is 0.357. The molecule has 4 N–H and O–H groups in total. The molecule has 4 nitrogen and oxygen atoms in total. The first-order valence-corrected chi connectivity index (χ1v) is 9.23. The molecule has 2 saturated carbocycles. The topological polar surface area (TPSA) is 75.3 Å². The fourth-order valence-corrected chi connectivity index (χ4v) is 3.48. The van der Waals surface area contributed by atoms with E-state index in [1.54, 1.807) is 0 Å². The van der Waals surface area contributed by atoms with Crippen molar-refractivity contribution < 1.29 is 9.90 Å². The smallest absolute Gasteiger partial charge is 0.320 e. The Balaban J connectivity index is 0.000000239. The Morgan fingerprint density at radius 1 is 1.00 bits per heavy atom. The molecule has 0 radical (unpaired) electrons. The van der Waals surface area contributed by atoms with Crippen molar-refractivity contribution in [3.63, 3.8) is 0 Å². The van der Waals surface area contributed by atoms with Crippen molar-refractivity contribution >= 4 is 5.97 Å². The molecule has 0 bridgehead atoms. The second kappa shape index (κ2) is 11.0. The third-order valence-electron chi connectivity index (χ3n) is 4.72. The van der Waals surface area contributed by atoms with Gasteiger partial charge in [-0.2, -0.15) is 0 Å². The van der Waals surface area contributed by atoms with Crippen LogP contribution >= 0.6 is 0 Å². The molecule has 0 aromatic heterocycles. The Morgan fingerprint density at radius 2 is 1.41 bits per heavy atom. The zero-order valence-corrected chi connectivity index (χ0v) is 14.5. The van der Waals surface area contributed by atoms with Crippen molar-refractivity contribution in [1.82, 2.24) is 5.32 Å². The molecule has 2 fully saturated rings. The van der Waals surface area contributed by atoms with Crippen molar-refractivity contribution in [2.75, 3.05) is 0 Å². The number of nitrogens with one attached hydrogen (secondary N) is 1. The summed E-state index contributed by atoms with van der Waals surface area (Å²) in [5.74, 6) is -0.556. The lowest BCUT2D eigenvalue weighted by atomic mass is 9.91. The van der Waals surface area contributed by atoms with Crippen molar-refractivity contribution in [2.45, 2.75) is 103 Å². The van der Waals surface area contributed by atoms with Gasteiger partial charge in [-0.15, -0.1) is 0 Å². The quantitative estimate of drug-likeness (QED) is 0.724. The molecule has 0 aliphatic heterocycles. The predicted octanol–water partition coefficient (Wildman–Crippen LogP) is 3.69. The number of hydrogen-bond acceptors (Lipinski definition) is 3. The van der Waals surface area contributed by atoms with Crippen LogP contribution in [0.1, 0.15) is 84.5 Å². The number of carbonyl (C=O) groups is 1. The Morgan fingerprint density at radius 3 is 1.68 bits per heavy atom. The van der Waals surface area contributed by atoms with E-state index in [0.29, 0.717) is 12.3 Å². The van der Waals surface area contributed by atoms with Crippen molar-refractivity contribution in [3.8, 4) is 0 Å². The summed E-state index contributed by atoms with van der Waals surface area (Å²) in [5.41, 5.74) is 5.22. The highest BCUT2D eigenvalue weighted by Gasteiger charge is 2.19. The van der Waals surface area contributed by atoms with Crippen molar-refractivity contribution in [3.05, 3.63) is 0 Å². The number of hydrogen-bond donors (Lipinski definition) is 3. The number of aliphatic carboxylic acids is 1. The monoisotopic (exact) mass is 312 g/mol. The van der Waals surface area contributed by atoms with Gasteiger partial charge in [-0.1, -0.05) is 52.4 Å². The highest BCUT2D eigenvalue weighted by atomic mass is 16.4. The molecule has 2 aliphatic carbocycles. The van der Waals surface area contributed by atoms with Gasteiger partial charge in [0.25, 0.3) is 0 Å². The van der Waals surface area contributed by atoms with Gasteiger partial charge in [0, 0.05) is 12.1 Å². The first kappa shape index (κ1) is 19.4. The van der Waals surface area contributed by atoms with E-state index >= 15 is 0 Å². The minimum Gasteiger partial charge on any atom is -0.480 e. The molecular weight excluding hydrogens is 276 g/mol. The average Bonchev–Trinajstić information content (AvgIpc) is 2.49. The van der Waals surface area contributed by atoms with E-state index in [1.165, 1.54) is 64.2 Å². The molecule has 0 saturated heterocycles. The summed E-state index contributed by atoms with van der Waals surface area (Å²) in [6.07, 6.45) is 15.1. The molecule has 0 spiro atoms. The number of nitrogens with two attached hydrogens (primary N) is 1. The zero-order chi connectivity index (χ0) is 16.4. The molecule has 0 heterocycles. The summed E-state index contributed by atoms with van der Waals surface area (Å²) in [7, 11) is 0. The summed E-state index contributed by atoms with van der Waals surface area (Å²) in [6, 6.07) is 1.05. The normalized spacial score (nSPS) is 22.0. The van der Waals surface area contributed by atoms with Gasteiger partial charge in [-0.25, -0.2) is 0 Å². The van der Waals surface area contributed by atoms with Gasteiger partial charge in [0.1, 0.15) is 6.04 Å². The maximum atomic E-state index is 10.1. The Bertz CT molecular complexity index is 279. The van der Waals surface area contributed by atoms with Gasteiger partial charge in [0.15, 0.2) is 0 Å². The number of carboxylic acid groups (broad SMARTS) is 1. The zero-order valence-electron chi connectivity index (χ0n) is 14.5. The van der Waals surface area contributed by atoms with Crippen LogP contribution in [0, 0.1) is 5.92 Å². The van der Waals surface area contributed by atoms with E-state index in [4.69, 9.17) is 10.8 Å². The second-order valence-corrected chi connectivity index (χ2v) is 7.41. The van der Waals surface area contributed by atoms with E-state index in [2.05, 4.69) is 5.32 Å². The molecule has 1 atom stereocenters. The van der Waals surface area contributed by atoms with Gasteiger partial charge < -0.3 is 16.2 Å². The van der Waals surface area contributed by atoms with Crippen LogP contribution in [-0.2, 0) is 4.79 Å². The van der Waals surface area contributed by atoms with E-state index in [1.807, 2.05) is 13.8 Å². The lowest BCUT2D eigenvalue weighted by molar-refractivity contribution is -0.138. The molecule has 0 unspecified atom stereocenters. The molecule has 22 heavy (non-hydrogen) atoms. The van der Waals surface area contributed by atoms with Crippen LogP contribution < -0.4 is 11.1 Å². The summed E-state index contributed by atoms with van der Waals surface area (Å²) in [5, 5.41) is 12.2. The first-order valence-electron chi connectivity index (χ1n) is 9.23. The van der Waals surface area contributed by atoms with Gasteiger partial charge in [0.2, 0.25) is 0 Å². The molecule has 2 rings (SSSR count). The summed E-state index contributed by atoms with van der Waals surface area (Å²) >= 11 is 0. The van der Waals surface area contributed by atoms with Crippen LogP contribution in [0.5, 0.6) is 0 Å². The van der Waals surface area contributed by atoms with Crippen LogP contribution in [0.3, 0.4) is 0 Å². The minimum atomic E-state index is -0.913. The van der Waals surface area contributed by atoms with Crippen LogP contribution in [-0.4, -0.2) is 29.2 Å². The van der Waals surface area contributed by atoms with Gasteiger partial charge in [-0.3, -0.25) is 4.79 Å². The lowest BCUT2D eigenvalue weighted by Gasteiger charge is -2.30. The fourth-order valence-electron chi connectivity index (χ4n) is 3.48. The van der Waals surface area contributed by atoms with Gasteiger partial charge >= 0.3 is 5.97 Å². The van der Waals surface area contributed by atoms with Crippen molar-refractivity contribution in [1.29, 1.82) is 0 Å². The van der Waals surface area contributed by atoms with E-state index < -0.39 is 12.0 Å². The fraction of sp³-hybridized carbons (Fsp3) is 0.944. The van der Waals surface area contributed by atoms with Gasteiger partial charge in [0.05, 0.1) is 0 Å². The molecule has 130 valence electrons. The Hall–Kier alpha value is -0.610. The molecular formula is C18H36N2O2. The SMILES string of the molecule is C1CCC(NC2CCCCC2)CC1.CC(C)C[C@H](N)C(=O)O. The molecule has 2 aliphatic rings.